The van der Waals surface area contributed by atoms with E-state index in [9.17, 15) is 15.0 Å². The summed E-state index contributed by atoms with van der Waals surface area (Å²) in [6, 6.07) is 6.75. The van der Waals surface area contributed by atoms with Gasteiger partial charge in [0.25, 0.3) is 0 Å². The second kappa shape index (κ2) is 8.65. The smallest absolute Gasteiger partial charge is 0.339 e. The van der Waals surface area contributed by atoms with Crippen LogP contribution in [0.5, 0.6) is 5.75 Å². The highest BCUT2D eigenvalue weighted by molar-refractivity contribution is 5.86. The molecule has 1 atom stereocenters. The summed E-state index contributed by atoms with van der Waals surface area (Å²) >= 11 is 0. The molecule has 0 aliphatic rings. The predicted molar refractivity (Wildman–Crippen MR) is 97.9 cm³/mol. The number of aryl methyl sites for hydroxylation is 1. The minimum Gasteiger partial charge on any atom is -0.488 e. The zero-order valence-corrected chi connectivity index (χ0v) is 14.8. The van der Waals surface area contributed by atoms with Crippen LogP contribution in [0.15, 0.2) is 56.8 Å². The molecule has 0 bridgehead atoms. The van der Waals surface area contributed by atoms with Crippen molar-refractivity contribution in [2.24, 2.45) is 0 Å². The number of aliphatic hydroxyl groups excluding tert-OH is 2. The molecule has 0 fully saturated rings. The number of aliphatic hydroxyl groups is 2. The molecule has 5 nitrogen and oxygen atoms in total. The van der Waals surface area contributed by atoms with E-state index in [4.69, 9.17) is 9.15 Å². The van der Waals surface area contributed by atoms with Crippen molar-refractivity contribution >= 4 is 11.0 Å². The molecule has 0 radical (unpaired) electrons. The minimum atomic E-state index is -0.761. The van der Waals surface area contributed by atoms with E-state index in [1.807, 2.05) is 39.0 Å². The molecule has 2 N–H and O–H groups in total. The number of hydrogen-bond donors (Lipinski definition) is 2. The molecule has 134 valence electrons. The van der Waals surface area contributed by atoms with Crippen LogP contribution in [0.25, 0.3) is 11.0 Å². The molecular weight excluding hydrogens is 320 g/mol. The first-order chi connectivity index (χ1) is 11.9. The van der Waals surface area contributed by atoms with Gasteiger partial charge in [0.15, 0.2) is 0 Å². The number of ether oxygens (including phenoxy) is 1. The molecule has 1 aromatic carbocycles. The largest absolute Gasteiger partial charge is 0.488 e. The summed E-state index contributed by atoms with van der Waals surface area (Å²) in [4.78, 5) is 11.7. The van der Waals surface area contributed by atoms with Crippen LogP contribution >= 0.6 is 0 Å². The fraction of sp³-hybridized carbons (Fsp3) is 0.350. The number of hydrogen-bond acceptors (Lipinski definition) is 5. The third kappa shape index (κ3) is 5.05. The molecule has 0 amide bonds. The number of rotatable bonds is 7. The molecule has 0 unspecified atom stereocenters. The van der Waals surface area contributed by atoms with Crippen LogP contribution in [-0.2, 0) is 0 Å². The molecule has 25 heavy (non-hydrogen) atoms. The van der Waals surface area contributed by atoms with E-state index in [0.717, 1.165) is 16.5 Å². The zero-order chi connectivity index (χ0) is 18.4. The Labute approximate surface area is 146 Å². The van der Waals surface area contributed by atoms with Gasteiger partial charge in [-0.25, -0.2) is 4.79 Å². The molecular formula is C20H24O5. The van der Waals surface area contributed by atoms with Gasteiger partial charge < -0.3 is 19.4 Å². The second-order valence-corrected chi connectivity index (χ2v) is 6.16. The fourth-order valence-electron chi connectivity index (χ4n) is 2.52. The molecule has 0 saturated heterocycles. The van der Waals surface area contributed by atoms with Crippen LogP contribution in [0.4, 0.5) is 0 Å². The highest BCUT2D eigenvalue weighted by atomic mass is 16.5. The van der Waals surface area contributed by atoms with Gasteiger partial charge in [0.1, 0.15) is 17.9 Å². The van der Waals surface area contributed by atoms with Crippen molar-refractivity contribution in [1.29, 1.82) is 0 Å². The quantitative estimate of drug-likeness (QED) is 0.596. The third-order valence-electron chi connectivity index (χ3n) is 3.88. The van der Waals surface area contributed by atoms with E-state index in [-0.39, 0.29) is 13.2 Å². The lowest BCUT2D eigenvalue weighted by Gasteiger charge is -2.13. The summed E-state index contributed by atoms with van der Waals surface area (Å²) in [6.45, 7) is 5.69. The van der Waals surface area contributed by atoms with Crippen LogP contribution in [0.2, 0.25) is 0 Å². The standard InChI is InChI=1S/C20H24O5/c1-13(2)7-8-16(22)15(12-21)9-10-24-18-11-19(23)25-17-6-4-5-14(3)20(17)18/h4-7,9,11,16,21-22H,8,10,12H2,1-3H3/b15-9+/t16-/m1/s1. The van der Waals surface area contributed by atoms with Crippen LogP contribution < -0.4 is 10.4 Å². The Morgan fingerprint density at radius 3 is 2.76 bits per heavy atom. The van der Waals surface area contributed by atoms with Crippen molar-refractivity contribution < 1.29 is 19.4 Å². The highest BCUT2D eigenvalue weighted by Gasteiger charge is 2.11. The molecule has 1 heterocycles. The Morgan fingerprint density at radius 2 is 2.08 bits per heavy atom. The van der Waals surface area contributed by atoms with Gasteiger partial charge in [-0.3, -0.25) is 0 Å². The SMILES string of the molecule is CC(C)=CC[C@@H](O)/C(=C/COc1cc(=O)oc2cccc(C)c12)CO. The van der Waals surface area contributed by atoms with E-state index in [0.29, 0.717) is 23.3 Å². The van der Waals surface area contributed by atoms with Crippen molar-refractivity contribution in [2.45, 2.75) is 33.3 Å². The van der Waals surface area contributed by atoms with Gasteiger partial charge in [0.2, 0.25) is 0 Å². The Balaban J connectivity index is 2.19. The maximum Gasteiger partial charge on any atom is 0.339 e. The van der Waals surface area contributed by atoms with E-state index in [1.165, 1.54) is 6.07 Å². The Bertz CT molecular complexity index is 841. The number of fused-ring (bicyclic) bond motifs is 1. The third-order valence-corrected chi connectivity index (χ3v) is 3.88. The molecule has 2 aromatic rings. The van der Waals surface area contributed by atoms with E-state index in [1.54, 1.807) is 12.1 Å². The summed E-state index contributed by atoms with van der Waals surface area (Å²) in [6.07, 6.45) is 3.23. The molecule has 0 spiro atoms. The topological polar surface area (TPSA) is 79.9 Å². The van der Waals surface area contributed by atoms with Gasteiger partial charge in [-0.2, -0.15) is 0 Å². The summed E-state index contributed by atoms with van der Waals surface area (Å²) < 4.78 is 10.9. The van der Waals surface area contributed by atoms with Crippen LogP contribution in [-0.4, -0.2) is 29.5 Å². The molecule has 0 aliphatic heterocycles. The lowest BCUT2D eigenvalue weighted by molar-refractivity contribution is 0.188. The molecule has 5 heteroatoms. The van der Waals surface area contributed by atoms with E-state index < -0.39 is 11.7 Å². The van der Waals surface area contributed by atoms with Gasteiger partial charge in [0, 0.05) is 0 Å². The lowest BCUT2D eigenvalue weighted by atomic mass is 10.1. The van der Waals surface area contributed by atoms with Crippen molar-refractivity contribution in [3.8, 4) is 5.75 Å². The summed E-state index contributed by atoms with van der Waals surface area (Å²) in [5, 5.41) is 20.3. The van der Waals surface area contributed by atoms with Gasteiger partial charge in [-0.1, -0.05) is 23.8 Å². The predicted octanol–water partition coefficient (Wildman–Crippen LogP) is 3.12. The van der Waals surface area contributed by atoms with Crippen LogP contribution in [0.3, 0.4) is 0 Å². The van der Waals surface area contributed by atoms with Crippen molar-refractivity contribution in [2.75, 3.05) is 13.2 Å². The first kappa shape index (κ1) is 19.0. The van der Waals surface area contributed by atoms with Crippen LogP contribution in [0, 0.1) is 6.92 Å². The molecule has 0 aliphatic carbocycles. The highest BCUT2D eigenvalue weighted by Crippen LogP contribution is 2.27. The summed E-state index contributed by atoms with van der Waals surface area (Å²) in [7, 11) is 0. The van der Waals surface area contributed by atoms with Crippen molar-refractivity contribution in [3.05, 3.63) is 63.5 Å². The van der Waals surface area contributed by atoms with Gasteiger partial charge in [-0.05, 0) is 50.5 Å². The number of allylic oxidation sites excluding steroid dienone is 1. The normalized spacial score (nSPS) is 12.9. The Kier molecular flexibility index (Phi) is 6.56. The Morgan fingerprint density at radius 1 is 1.32 bits per heavy atom. The Hall–Kier alpha value is -2.37. The van der Waals surface area contributed by atoms with E-state index >= 15 is 0 Å². The molecule has 0 saturated carbocycles. The first-order valence-corrected chi connectivity index (χ1v) is 8.20. The van der Waals surface area contributed by atoms with E-state index in [2.05, 4.69) is 0 Å². The summed E-state index contributed by atoms with van der Waals surface area (Å²) in [5.41, 5.74) is 2.51. The van der Waals surface area contributed by atoms with Gasteiger partial charge >= 0.3 is 5.63 Å². The molecule has 1 aromatic heterocycles. The monoisotopic (exact) mass is 344 g/mol. The lowest BCUT2D eigenvalue weighted by Crippen LogP contribution is -2.14. The number of benzene rings is 1. The average molecular weight is 344 g/mol. The zero-order valence-electron chi connectivity index (χ0n) is 14.8. The molecule has 2 rings (SSSR count). The maximum absolute atomic E-state index is 11.7. The minimum absolute atomic E-state index is 0.134. The van der Waals surface area contributed by atoms with Gasteiger partial charge in [-0.15, -0.1) is 0 Å². The fourth-order valence-corrected chi connectivity index (χ4v) is 2.52. The maximum atomic E-state index is 11.7. The van der Waals surface area contributed by atoms with Crippen LogP contribution in [0.1, 0.15) is 25.8 Å². The van der Waals surface area contributed by atoms with Crippen molar-refractivity contribution in [1.82, 2.24) is 0 Å². The second-order valence-electron chi connectivity index (χ2n) is 6.16. The van der Waals surface area contributed by atoms with Crippen molar-refractivity contribution in [3.63, 3.8) is 0 Å². The average Bonchev–Trinajstić information content (AvgIpc) is 2.56. The summed E-state index contributed by atoms with van der Waals surface area (Å²) in [5.74, 6) is 0.427. The van der Waals surface area contributed by atoms with Gasteiger partial charge in [0.05, 0.1) is 24.2 Å². The first-order valence-electron chi connectivity index (χ1n) is 8.20.